The minimum atomic E-state index is -4.24. The Labute approximate surface area is 190 Å². The molecule has 2 aromatic carbocycles. The van der Waals surface area contributed by atoms with Gasteiger partial charge in [0.1, 0.15) is 11.5 Å². The van der Waals surface area contributed by atoms with Crippen molar-refractivity contribution in [1.29, 1.82) is 0 Å². The van der Waals surface area contributed by atoms with Gasteiger partial charge < -0.3 is 9.84 Å². The predicted molar refractivity (Wildman–Crippen MR) is 104 cm³/mol. The first-order chi connectivity index (χ1) is 12.9. The molecule has 148 valence electrons. The Hall–Kier alpha value is -1.05. The van der Waals surface area contributed by atoms with Crippen molar-refractivity contribution in [1.82, 2.24) is 0 Å². The number of unbranched alkanes of at least 4 members (excludes halogenated alkanes) is 6. The zero-order chi connectivity index (χ0) is 19.7. The van der Waals surface area contributed by atoms with Crippen LogP contribution in [0.15, 0.2) is 47.4 Å². The maximum absolute atomic E-state index is 12.2. The molecule has 7 heteroatoms. The summed E-state index contributed by atoms with van der Waals surface area (Å²) in [5.41, 5.74) is 0.643. The standard InChI is InChI=1S/C21H28O5S.Na/c1-2-3-4-5-6-7-8-10-19-20(22)11-9-12-21(19)26-17-13-15-18(16-14-17)27(23,24)25;/h9,11-16,22H,2-8,10H2,1H3,(H,23,24,25);/q;+1/p-1. The summed E-state index contributed by atoms with van der Waals surface area (Å²) in [5.74, 6) is 0.856. The average molecular weight is 414 g/mol. The van der Waals surface area contributed by atoms with Gasteiger partial charge in [0, 0.05) is 0 Å². The summed E-state index contributed by atoms with van der Waals surface area (Å²) in [6.07, 6.45) is 8.86. The normalized spacial score (nSPS) is 11.1. The van der Waals surface area contributed by atoms with Gasteiger partial charge >= 0.3 is 29.6 Å². The molecule has 2 rings (SSSR count). The number of benzene rings is 2. The molecule has 0 aliphatic heterocycles. The van der Waals surface area contributed by atoms with Crippen molar-refractivity contribution in [2.75, 3.05) is 0 Å². The Kier molecular flexibility index (Phi) is 11.2. The zero-order valence-electron chi connectivity index (χ0n) is 16.7. The molecule has 1 N–H and O–H groups in total. The van der Waals surface area contributed by atoms with Crippen molar-refractivity contribution in [3.63, 3.8) is 0 Å². The quantitative estimate of drug-likeness (QED) is 0.346. The van der Waals surface area contributed by atoms with Gasteiger partial charge in [0.25, 0.3) is 10.1 Å². The van der Waals surface area contributed by atoms with Crippen LogP contribution in [0, 0.1) is 0 Å². The molecule has 0 saturated carbocycles. The van der Waals surface area contributed by atoms with Crippen LogP contribution in [0.5, 0.6) is 17.2 Å². The van der Waals surface area contributed by atoms with E-state index in [-0.39, 0.29) is 40.2 Å². The molecule has 0 unspecified atom stereocenters. The maximum atomic E-state index is 12.2. The average Bonchev–Trinajstić information content (AvgIpc) is 2.62. The number of rotatable bonds is 11. The molecule has 0 aromatic heterocycles. The van der Waals surface area contributed by atoms with Gasteiger partial charge in [-0.1, -0.05) is 57.6 Å². The fourth-order valence-corrected chi connectivity index (χ4v) is 3.43. The van der Waals surface area contributed by atoms with E-state index in [1.54, 1.807) is 12.1 Å². The van der Waals surface area contributed by atoms with Crippen LogP contribution < -0.4 is 39.4 Å². The van der Waals surface area contributed by atoms with Crippen molar-refractivity contribution in [2.24, 2.45) is 0 Å². The predicted octanol–water partition coefficient (Wildman–Crippen LogP) is 2.10. The van der Waals surface area contributed by atoms with Gasteiger partial charge in [-0.3, -0.25) is 4.55 Å². The second-order valence-corrected chi connectivity index (χ2v) is 8.07. The molecule has 0 radical (unpaired) electrons. The fourth-order valence-electron chi connectivity index (χ4n) is 2.95. The van der Waals surface area contributed by atoms with E-state index in [1.807, 2.05) is 0 Å². The Bertz CT molecular complexity index is 819. The van der Waals surface area contributed by atoms with Crippen LogP contribution in [0.25, 0.3) is 0 Å². The molecule has 5 nitrogen and oxygen atoms in total. The number of hydrogen-bond acceptors (Lipinski definition) is 4. The first-order valence-corrected chi connectivity index (χ1v) is 10.9. The van der Waals surface area contributed by atoms with Crippen LogP contribution in [0.2, 0.25) is 0 Å². The van der Waals surface area contributed by atoms with Crippen LogP contribution in [0.1, 0.15) is 57.4 Å². The summed E-state index contributed by atoms with van der Waals surface area (Å²) in [5, 5.41) is 12.2. The smallest absolute Gasteiger partial charge is 0.872 e. The topological polar surface area (TPSA) is 86.7 Å². The number of hydrogen-bond donors (Lipinski definition) is 1. The van der Waals surface area contributed by atoms with E-state index in [2.05, 4.69) is 6.92 Å². The van der Waals surface area contributed by atoms with Gasteiger partial charge in [0.2, 0.25) is 0 Å². The summed E-state index contributed by atoms with van der Waals surface area (Å²) in [6, 6.07) is 10.4. The third-order valence-electron chi connectivity index (χ3n) is 4.47. The van der Waals surface area contributed by atoms with Gasteiger partial charge in [-0.25, -0.2) is 0 Å². The molecule has 0 aliphatic rings. The fraction of sp³-hybridized carbons (Fsp3) is 0.429. The Morgan fingerprint density at radius 1 is 0.929 bits per heavy atom. The minimum absolute atomic E-state index is 0. The molecule has 2 aromatic rings. The summed E-state index contributed by atoms with van der Waals surface area (Å²) in [7, 11) is -4.24. The molecular weight excluding hydrogens is 387 g/mol. The summed E-state index contributed by atoms with van der Waals surface area (Å²) >= 11 is 0. The van der Waals surface area contributed by atoms with Crippen molar-refractivity contribution >= 4 is 10.1 Å². The summed E-state index contributed by atoms with van der Waals surface area (Å²) < 4.78 is 37.0. The zero-order valence-corrected chi connectivity index (χ0v) is 19.5. The molecule has 0 aliphatic carbocycles. The van der Waals surface area contributed by atoms with Crippen LogP contribution in [-0.2, 0) is 16.5 Å². The SMILES string of the molecule is CCCCCCCCCc1c([O-])cccc1Oc1ccc(S(=O)(=O)O)cc1.[Na+]. The Morgan fingerprint density at radius 2 is 1.54 bits per heavy atom. The molecule has 0 heterocycles. The van der Waals surface area contributed by atoms with Crippen molar-refractivity contribution in [3.05, 3.63) is 48.0 Å². The molecule has 28 heavy (non-hydrogen) atoms. The molecule has 0 saturated heterocycles. The van der Waals surface area contributed by atoms with Gasteiger partial charge in [-0.2, -0.15) is 8.42 Å². The molecule has 0 atom stereocenters. The van der Waals surface area contributed by atoms with Crippen molar-refractivity contribution in [2.45, 2.75) is 63.2 Å². The first kappa shape index (κ1) is 25.0. The van der Waals surface area contributed by atoms with E-state index in [0.717, 1.165) is 12.8 Å². The van der Waals surface area contributed by atoms with Gasteiger partial charge in [0.15, 0.2) is 0 Å². The van der Waals surface area contributed by atoms with Crippen LogP contribution in [0.4, 0.5) is 0 Å². The molecule has 0 fully saturated rings. The molecular formula is C21H27NaO5S. The second kappa shape index (κ2) is 12.5. The largest absolute Gasteiger partial charge is 1.00 e. The first-order valence-electron chi connectivity index (χ1n) is 9.46. The van der Waals surface area contributed by atoms with E-state index in [9.17, 15) is 13.5 Å². The molecule has 0 bridgehead atoms. The minimum Gasteiger partial charge on any atom is -0.872 e. The van der Waals surface area contributed by atoms with E-state index in [4.69, 9.17) is 9.29 Å². The van der Waals surface area contributed by atoms with Crippen LogP contribution in [-0.4, -0.2) is 13.0 Å². The van der Waals surface area contributed by atoms with E-state index in [0.29, 0.717) is 23.5 Å². The third kappa shape index (κ3) is 8.13. The second-order valence-electron chi connectivity index (χ2n) is 6.65. The molecule has 0 amide bonds. The Balaban J connectivity index is 0.00000392. The van der Waals surface area contributed by atoms with Gasteiger partial charge in [-0.05, 0) is 48.7 Å². The number of ether oxygens (including phenoxy) is 1. The van der Waals surface area contributed by atoms with E-state index < -0.39 is 10.1 Å². The van der Waals surface area contributed by atoms with Crippen LogP contribution in [0.3, 0.4) is 0 Å². The summed E-state index contributed by atoms with van der Waals surface area (Å²) in [6.45, 7) is 2.20. The van der Waals surface area contributed by atoms with Crippen molar-refractivity contribution in [3.8, 4) is 17.2 Å². The van der Waals surface area contributed by atoms with E-state index in [1.165, 1.54) is 62.4 Å². The monoisotopic (exact) mass is 414 g/mol. The molecule has 0 spiro atoms. The third-order valence-corrected chi connectivity index (χ3v) is 5.34. The van der Waals surface area contributed by atoms with Gasteiger partial charge in [0.05, 0.1) is 4.90 Å². The summed E-state index contributed by atoms with van der Waals surface area (Å²) in [4.78, 5) is -0.198. The van der Waals surface area contributed by atoms with Crippen molar-refractivity contribution < 1.29 is 52.4 Å². The van der Waals surface area contributed by atoms with E-state index >= 15 is 0 Å². The van der Waals surface area contributed by atoms with Gasteiger partial charge in [-0.15, -0.1) is 5.75 Å². The maximum Gasteiger partial charge on any atom is 1.00 e. The Morgan fingerprint density at radius 3 is 2.14 bits per heavy atom. The van der Waals surface area contributed by atoms with Crippen LogP contribution >= 0.6 is 0 Å².